The third-order valence-corrected chi connectivity index (χ3v) is 2.59. The molecule has 2 rings (SSSR count). The minimum absolute atomic E-state index is 0.0211. The van der Waals surface area contributed by atoms with Crippen LogP contribution >= 0.6 is 11.6 Å². The first-order valence-corrected chi connectivity index (χ1v) is 5.98. The van der Waals surface area contributed by atoms with Crippen molar-refractivity contribution in [3.05, 3.63) is 40.2 Å². The quantitative estimate of drug-likeness (QED) is 0.821. The molecule has 0 saturated heterocycles. The van der Waals surface area contributed by atoms with E-state index < -0.39 is 5.91 Å². The summed E-state index contributed by atoms with van der Waals surface area (Å²) in [7, 11) is 0. The molecule has 0 bridgehead atoms. The molecule has 102 valence electrons. The van der Waals surface area contributed by atoms with Gasteiger partial charge in [0.25, 0.3) is 5.91 Å². The zero-order valence-electron chi connectivity index (χ0n) is 10.5. The summed E-state index contributed by atoms with van der Waals surface area (Å²) in [6.45, 7) is 1.36. The summed E-state index contributed by atoms with van der Waals surface area (Å²) in [5.41, 5.74) is 0.867. The number of rotatable bonds is 2. The highest BCUT2D eigenvalue weighted by Crippen LogP contribution is 2.18. The van der Waals surface area contributed by atoms with E-state index in [1.165, 1.54) is 6.07 Å². The molecule has 1 heterocycles. The van der Waals surface area contributed by atoms with E-state index in [2.05, 4.69) is 27.4 Å². The number of carbonyl (C=O) groups excluding carboxylic acids is 1. The number of halogens is 1. The molecule has 0 spiro atoms. The number of nitrogens with zero attached hydrogens (tertiary/aromatic N) is 2. The maximum absolute atomic E-state index is 11.9. The monoisotopic (exact) mass is 291 g/mol. The Morgan fingerprint density at radius 3 is 2.90 bits per heavy atom. The molecule has 1 aromatic heterocycles. The summed E-state index contributed by atoms with van der Waals surface area (Å²) in [6.07, 6.45) is 0. The highest BCUT2D eigenvalue weighted by atomic mass is 35.5. The number of benzene rings is 1. The van der Waals surface area contributed by atoms with Crippen LogP contribution in [0.4, 0.5) is 6.01 Å². The second-order valence-electron chi connectivity index (χ2n) is 3.73. The van der Waals surface area contributed by atoms with Crippen molar-refractivity contribution in [1.82, 2.24) is 10.2 Å². The van der Waals surface area contributed by atoms with Crippen LogP contribution in [0, 0.1) is 18.8 Å². The first kappa shape index (κ1) is 14.1. The van der Waals surface area contributed by atoms with Crippen LogP contribution in [-0.2, 0) is 0 Å². The molecule has 2 aromatic rings. The van der Waals surface area contributed by atoms with Crippen LogP contribution in [-0.4, -0.2) is 27.8 Å². The Balaban J connectivity index is 2.16. The van der Waals surface area contributed by atoms with Crippen LogP contribution in [0.3, 0.4) is 0 Å². The summed E-state index contributed by atoms with van der Waals surface area (Å²) in [5, 5.41) is 18.7. The molecule has 2 N–H and O–H groups in total. The highest BCUT2D eigenvalue weighted by Gasteiger charge is 2.11. The van der Waals surface area contributed by atoms with E-state index in [0.717, 1.165) is 0 Å². The molecule has 0 unspecified atom stereocenters. The smallest absolute Gasteiger partial charge is 0.322 e. The van der Waals surface area contributed by atoms with Crippen molar-refractivity contribution >= 4 is 23.5 Å². The van der Waals surface area contributed by atoms with Gasteiger partial charge in [-0.2, -0.15) is 0 Å². The molecule has 20 heavy (non-hydrogen) atoms. The lowest BCUT2D eigenvalue weighted by atomic mass is 10.1. The third-order valence-electron chi connectivity index (χ3n) is 2.28. The van der Waals surface area contributed by atoms with E-state index in [9.17, 15) is 4.79 Å². The Bertz CT molecular complexity index is 700. The zero-order chi connectivity index (χ0) is 14.5. The van der Waals surface area contributed by atoms with Gasteiger partial charge in [0, 0.05) is 18.1 Å². The summed E-state index contributed by atoms with van der Waals surface area (Å²) >= 11 is 6.00. The van der Waals surface area contributed by atoms with Gasteiger partial charge >= 0.3 is 6.01 Å². The number of hydrogen-bond acceptors (Lipinski definition) is 5. The Hall–Kier alpha value is -2.36. The molecule has 0 radical (unpaired) electrons. The predicted octanol–water partition coefficient (Wildman–Crippen LogP) is 1.63. The zero-order valence-corrected chi connectivity index (χ0v) is 11.2. The second kappa shape index (κ2) is 6.19. The SMILES string of the molecule is Cc1nnc(NC(=O)c2ccc(C#CCO)c(Cl)c2)o1. The van der Waals surface area contributed by atoms with E-state index in [1.54, 1.807) is 19.1 Å². The molecule has 0 aliphatic heterocycles. The van der Waals surface area contributed by atoms with E-state index in [4.69, 9.17) is 21.1 Å². The van der Waals surface area contributed by atoms with Crippen LogP contribution in [0.15, 0.2) is 22.6 Å². The van der Waals surface area contributed by atoms with Crippen molar-refractivity contribution in [2.24, 2.45) is 0 Å². The van der Waals surface area contributed by atoms with Gasteiger partial charge in [0.2, 0.25) is 5.89 Å². The lowest BCUT2D eigenvalue weighted by Crippen LogP contribution is -2.12. The summed E-state index contributed by atoms with van der Waals surface area (Å²) in [5.74, 6) is 5.10. The molecule has 1 aromatic carbocycles. The lowest BCUT2D eigenvalue weighted by Gasteiger charge is -2.02. The standard InChI is InChI=1S/C13H10ClN3O3/c1-8-16-17-13(20-8)15-12(19)10-5-4-9(3-2-6-18)11(14)7-10/h4-5,7,18H,6H2,1H3,(H,15,17,19). The number of anilines is 1. The minimum atomic E-state index is -0.419. The highest BCUT2D eigenvalue weighted by molar-refractivity contribution is 6.32. The molecular formula is C13H10ClN3O3. The number of hydrogen-bond donors (Lipinski definition) is 2. The van der Waals surface area contributed by atoms with Gasteiger partial charge in [0.05, 0.1) is 5.02 Å². The number of amides is 1. The number of nitrogens with one attached hydrogen (secondary N) is 1. The number of aliphatic hydroxyl groups is 1. The van der Waals surface area contributed by atoms with E-state index in [-0.39, 0.29) is 12.6 Å². The van der Waals surface area contributed by atoms with Gasteiger partial charge in [0.1, 0.15) is 6.61 Å². The Kier molecular flexibility index (Phi) is 4.35. The van der Waals surface area contributed by atoms with Crippen LogP contribution < -0.4 is 5.32 Å². The molecule has 0 saturated carbocycles. The maximum Gasteiger partial charge on any atom is 0.322 e. The number of aliphatic hydroxyl groups excluding tert-OH is 1. The first-order chi connectivity index (χ1) is 9.60. The van der Waals surface area contributed by atoms with E-state index in [0.29, 0.717) is 22.0 Å². The summed E-state index contributed by atoms with van der Waals surface area (Å²) in [4.78, 5) is 11.9. The normalized spacial score (nSPS) is 9.75. The minimum Gasteiger partial charge on any atom is -0.408 e. The van der Waals surface area contributed by atoms with Gasteiger partial charge in [-0.05, 0) is 18.2 Å². The maximum atomic E-state index is 11.9. The molecule has 0 aliphatic rings. The fourth-order valence-electron chi connectivity index (χ4n) is 1.41. The van der Waals surface area contributed by atoms with Crippen LogP contribution in [0.5, 0.6) is 0 Å². The van der Waals surface area contributed by atoms with Crippen LogP contribution in [0.1, 0.15) is 21.8 Å². The largest absolute Gasteiger partial charge is 0.408 e. The number of aryl methyl sites for hydroxylation is 1. The fraction of sp³-hybridized carbons (Fsp3) is 0.154. The van der Waals surface area contributed by atoms with Crippen molar-refractivity contribution in [2.45, 2.75) is 6.92 Å². The fourth-order valence-corrected chi connectivity index (χ4v) is 1.64. The Morgan fingerprint density at radius 1 is 1.50 bits per heavy atom. The van der Waals surface area contributed by atoms with E-state index in [1.807, 2.05) is 0 Å². The van der Waals surface area contributed by atoms with Crippen molar-refractivity contribution in [3.63, 3.8) is 0 Å². The molecule has 1 amide bonds. The Morgan fingerprint density at radius 2 is 2.30 bits per heavy atom. The van der Waals surface area contributed by atoms with Gasteiger partial charge in [-0.25, -0.2) is 0 Å². The topological polar surface area (TPSA) is 88.2 Å². The molecule has 0 atom stereocenters. The van der Waals surface area contributed by atoms with Gasteiger partial charge in [-0.1, -0.05) is 28.5 Å². The molecule has 0 aliphatic carbocycles. The summed E-state index contributed by atoms with van der Waals surface area (Å²) < 4.78 is 5.05. The molecule has 0 fully saturated rings. The molecule has 7 heteroatoms. The average Bonchev–Trinajstić information content (AvgIpc) is 2.82. The average molecular weight is 292 g/mol. The lowest BCUT2D eigenvalue weighted by molar-refractivity contribution is 0.102. The summed E-state index contributed by atoms with van der Waals surface area (Å²) in [6, 6.07) is 4.65. The van der Waals surface area contributed by atoms with Gasteiger partial charge in [-0.15, -0.1) is 5.10 Å². The number of aromatic nitrogens is 2. The Labute approximate surface area is 119 Å². The van der Waals surface area contributed by atoms with Gasteiger partial charge in [-0.3, -0.25) is 10.1 Å². The molecular weight excluding hydrogens is 282 g/mol. The second-order valence-corrected chi connectivity index (χ2v) is 4.14. The van der Waals surface area contributed by atoms with Crippen molar-refractivity contribution < 1.29 is 14.3 Å². The molecule has 6 nitrogen and oxygen atoms in total. The first-order valence-electron chi connectivity index (χ1n) is 5.61. The van der Waals surface area contributed by atoms with Crippen molar-refractivity contribution in [3.8, 4) is 11.8 Å². The third kappa shape index (κ3) is 3.35. The van der Waals surface area contributed by atoms with Gasteiger partial charge < -0.3 is 9.52 Å². The predicted molar refractivity (Wildman–Crippen MR) is 72.4 cm³/mol. The van der Waals surface area contributed by atoms with Crippen molar-refractivity contribution in [1.29, 1.82) is 0 Å². The number of carbonyl (C=O) groups is 1. The van der Waals surface area contributed by atoms with Crippen LogP contribution in [0.25, 0.3) is 0 Å². The van der Waals surface area contributed by atoms with Crippen molar-refractivity contribution in [2.75, 3.05) is 11.9 Å². The van der Waals surface area contributed by atoms with Crippen LogP contribution in [0.2, 0.25) is 5.02 Å². The van der Waals surface area contributed by atoms with Gasteiger partial charge in [0.15, 0.2) is 0 Å². The van der Waals surface area contributed by atoms with E-state index >= 15 is 0 Å².